The minimum Gasteiger partial charge on any atom is -0.423 e. The monoisotopic (exact) mass is 317 g/mol. The zero-order valence-corrected chi connectivity index (χ0v) is 12.5. The van der Waals surface area contributed by atoms with Crippen LogP contribution in [-0.4, -0.2) is 13.2 Å². The summed E-state index contributed by atoms with van der Waals surface area (Å²) < 4.78 is 39.1. The summed E-state index contributed by atoms with van der Waals surface area (Å²) in [4.78, 5) is 0. The average Bonchev–Trinajstić information content (AvgIpc) is 2.40. The molecule has 96 valence electrons. The minimum atomic E-state index is -3.13. The molecular weight excluding hydrogens is 302 g/mol. The highest BCUT2D eigenvalue weighted by Crippen LogP contribution is 2.51. The van der Waals surface area contributed by atoms with Crippen LogP contribution in [0.15, 0.2) is 18.1 Å². The Labute approximate surface area is 120 Å². The standard InChI is InChI=1S/C10H13Cl2O3PS/c1-3-13-16(17,14-4-2)15-10-6-5-8(11)7-9(10)12/h5-7H,3-4H2,1-2H3/i5D,6D,7D. The van der Waals surface area contributed by atoms with Crippen LogP contribution < -0.4 is 4.52 Å². The Kier molecular flexibility index (Phi) is 4.50. The zero-order chi connectivity index (χ0) is 15.5. The molecule has 1 rings (SSSR count). The van der Waals surface area contributed by atoms with Gasteiger partial charge in [-0.25, -0.2) is 0 Å². The smallest absolute Gasteiger partial charge is 0.380 e. The molecule has 0 aliphatic rings. The fourth-order valence-corrected chi connectivity index (χ4v) is 3.38. The second kappa shape index (κ2) is 6.93. The van der Waals surface area contributed by atoms with Gasteiger partial charge >= 0.3 is 6.72 Å². The lowest BCUT2D eigenvalue weighted by Crippen LogP contribution is -2.02. The van der Waals surface area contributed by atoms with Crippen LogP contribution in [0.25, 0.3) is 0 Å². The van der Waals surface area contributed by atoms with Crippen molar-refractivity contribution in [1.82, 2.24) is 0 Å². The summed E-state index contributed by atoms with van der Waals surface area (Å²) in [5.74, 6) is -0.212. The third kappa shape index (κ3) is 4.74. The molecule has 0 unspecified atom stereocenters. The van der Waals surface area contributed by atoms with Gasteiger partial charge in [-0.3, -0.25) is 9.05 Å². The van der Waals surface area contributed by atoms with Crippen molar-refractivity contribution in [2.24, 2.45) is 0 Å². The second-order valence-electron chi connectivity index (χ2n) is 2.71. The highest BCUT2D eigenvalue weighted by atomic mass is 35.5. The van der Waals surface area contributed by atoms with Crippen LogP contribution in [0.2, 0.25) is 10.0 Å². The third-order valence-electron chi connectivity index (χ3n) is 1.48. The van der Waals surface area contributed by atoms with Crippen molar-refractivity contribution in [3.8, 4) is 5.75 Å². The lowest BCUT2D eigenvalue weighted by molar-refractivity contribution is 0.218. The van der Waals surface area contributed by atoms with Gasteiger partial charge in [0.05, 0.1) is 22.3 Å². The number of rotatable bonds is 6. The van der Waals surface area contributed by atoms with E-state index in [2.05, 4.69) is 0 Å². The number of benzene rings is 1. The number of hydrogen-bond donors (Lipinski definition) is 0. The highest BCUT2D eigenvalue weighted by molar-refractivity contribution is 8.07. The zero-order valence-electron chi connectivity index (χ0n) is 12.3. The first-order chi connectivity index (χ1) is 9.27. The van der Waals surface area contributed by atoms with Gasteiger partial charge < -0.3 is 4.52 Å². The summed E-state index contributed by atoms with van der Waals surface area (Å²) in [5.41, 5.74) is 0. The molecule has 0 radical (unpaired) electrons. The van der Waals surface area contributed by atoms with E-state index >= 15 is 0 Å². The Hall–Kier alpha value is 0.170. The Balaban J connectivity index is 3.30. The van der Waals surface area contributed by atoms with Gasteiger partial charge in [0.15, 0.2) is 0 Å². The molecule has 0 N–H and O–H groups in total. The van der Waals surface area contributed by atoms with Crippen LogP contribution in [0, 0.1) is 0 Å². The van der Waals surface area contributed by atoms with E-state index in [0.717, 1.165) is 0 Å². The summed E-state index contributed by atoms with van der Waals surface area (Å²) in [5, 5.41) is -0.405. The van der Waals surface area contributed by atoms with E-state index in [9.17, 15) is 0 Å². The molecule has 0 amide bonds. The molecule has 0 aliphatic carbocycles. The Morgan fingerprint density at radius 2 is 1.88 bits per heavy atom. The molecule has 0 aliphatic heterocycles. The Bertz CT molecular complexity index is 520. The van der Waals surface area contributed by atoms with Gasteiger partial charge in [-0.15, -0.1) is 0 Å². The second-order valence-corrected chi connectivity index (χ2v) is 6.40. The number of hydrogen-bond acceptors (Lipinski definition) is 4. The maximum Gasteiger partial charge on any atom is 0.380 e. The maximum absolute atomic E-state index is 7.81. The van der Waals surface area contributed by atoms with Crippen molar-refractivity contribution in [2.75, 3.05) is 13.2 Å². The van der Waals surface area contributed by atoms with Crippen LogP contribution in [0.4, 0.5) is 0 Å². The fourth-order valence-electron chi connectivity index (χ4n) is 0.932. The van der Waals surface area contributed by atoms with Crippen LogP contribution in [0.3, 0.4) is 0 Å². The van der Waals surface area contributed by atoms with Gasteiger partial charge in [0.25, 0.3) is 0 Å². The molecular formula is C10H13Cl2O3PS. The molecule has 1 aromatic carbocycles. The van der Waals surface area contributed by atoms with E-state index in [0.29, 0.717) is 0 Å². The lowest BCUT2D eigenvalue weighted by atomic mass is 10.3. The predicted molar refractivity (Wildman–Crippen MR) is 74.6 cm³/mol. The molecule has 0 bridgehead atoms. The highest BCUT2D eigenvalue weighted by Gasteiger charge is 2.22. The van der Waals surface area contributed by atoms with Crippen LogP contribution in [-0.2, 0) is 20.9 Å². The van der Waals surface area contributed by atoms with Crippen molar-refractivity contribution in [2.45, 2.75) is 13.8 Å². The van der Waals surface area contributed by atoms with Crippen molar-refractivity contribution in [1.29, 1.82) is 0 Å². The molecule has 3 nitrogen and oxygen atoms in total. The third-order valence-corrected chi connectivity index (χ3v) is 4.35. The van der Waals surface area contributed by atoms with E-state index in [1.54, 1.807) is 13.8 Å². The predicted octanol–water partition coefficient (Wildman–Crippen LogP) is 4.67. The maximum atomic E-state index is 7.81. The first kappa shape index (κ1) is 11.0. The van der Waals surface area contributed by atoms with E-state index in [4.69, 9.17) is 52.7 Å². The molecule has 0 spiro atoms. The summed E-state index contributed by atoms with van der Waals surface area (Å²) in [7, 11) is 0. The molecule has 0 heterocycles. The van der Waals surface area contributed by atoms with Gasteiger partial charge in [-0.2, -0.15) is 0 Å². The van der Waals surface area contributed by atoms with Gasteiger partial charge in [0.1, 0.15) is 5.75 Å². The van der Waals surface area contributed by atoms with Crippen molar-refractivity contribution >= 4 is 41.7 Å². The topological polar surface area (TPSA) is 27.7 Å². The SMILES string of the molecule is [2H]c1c([2H])c(OP(=S)(OCC)OCC)c(Cl)c([2H])c1Cl. The van der Waals surface area contributed by atoms with Crippen LogP contribution >= 0.6 is 29.9 Å². The normalized spacial score (nSPS) is 14.0. The number of halogens is 2. The summed E-state index contributed by atoms with van der Waals surface area (Å²) in [6, 6.07) is -1.01. The molecule has 7 heteroatoms. The van der Waals surface area contributed by atoms with Crippen LogP contribution in [0.1, 0.15) is 18.0 Å². The van der Waals surface area contributed by atoms with Crippen molar-refractivity contribution in [3.05, 3.63) is 28.2 Å². The first-order valence-corrected chi connectivity index (χ1v) is 8.12. The van der Waals surface area contributed by atoms with E-state index in [-0.39, 0.29) is 47.1 Å². The quantitative estimate of drug-likeness (QED) is 0.713. The van der Waals surface area contributed by atoms with Crippen molar-refractivity contribution < 1.29 is 17.7 Å². The van der Waals surface area contributed by atoms with Gasteiger partial charge in [0, 0.05) is 16.8 Å². The van der Waals surface area contributed by atoms with Crippen molar-refractivity contribution in [3.63, 3.8) is 0 Å². The van der Waals surface area contributed by atoms with E-state index in [1.807, 2.05) is 0 Å². The molecule has 1 aromatic rings. The minimum absolute atomic E-state index is 0.190. The lowest BCUT2D eigenvalue weighted by Gasteiger charge is -2.21. The summed E-state index contributed by atoms with van der Waals surface area (Å²) in [6.45, 7) is 0.837. The van der Waals surface area contributed by atoms with E-state index in [1.165, 1.54) is 0 Å². The van der Waals surface area contributed by atoms with E-state index < -0.39 is 6.72 Å². The first-order valence-electron chi connectivity index (χ1n) is 6.30. The summed E-state index contributed by atoms with van der Waals surface area (Å²) >= 11 is 16.8. The van der Waals surface area contributed by atoms with Gasteiger partial charge in [-0.1, -0.05) is 23.2 Å². The Morgan fingerprint density at radius 1 is 1.29 bits per heavy atom. The molecule has 0 aromatic heterocycles. The van der Waals surface area contributed by atoms with Gasteiger partial charge in [-0.05, 0) is 32.0 Å². The molecule has 0 fully saturated rings. The molecule has 17 heavy (non-hydrogen) atoms. The summed E-state index contributed by atoms with van der Waals surface area (Å²) in [6.07, 6.45) is 0. The fraction of sp³-hybridized carbons (Fsp3) is 0.400. The van der Waals surface area contributed by atoms with Gasteiger partial charge in [0.2, 0.25) is 0 Å². The Morgan fingerprint density at radius 3 is 2.41 bits per heavy atom. The van der Waals surface area contributed by atoms with Crippen LogP contribution in [0.5, 0.6) is 5.75 Å². The molecule has 0 atom stereocenters. The largest absolute Gasteiger partial charge is 0.423 e. The molecule has 0 saturated heterocycles. The average molecular weight is 318 g/mol. The molecule has 0 saturated carbocycles.